The molecule has 1 unspecified atom stereocenters. The summed E-state index contributed by atoms with van der Waals surface area (Å²) in [6, 6.07) is 12.0. The van der Waals surface area contributed by atoms with E-state index in [2.05, 4.69) is 10.6 Å². The molecule has 0 aliphatic rings. The summed E-state index contributed by atoms with van der Waals surface area (Å²) in [7, 11) is 3.09. The molecule has 2 amide bonds. The van der Waals surface area contributed by atoms with Crippen LogP contribution in [0.25, 0.3) is 0 Å². The van der Waals surface area contributed by atoms with E-state index in [0.717, 1.165) is 11.1 Å². The van der Waals surface area contributed by atoms with Crippen molar-refractivity contribution in [3.8, 4) is 11.5 Å². The third-order valence-corrected chi connectivity index (χ3v) is 4.08. The van der Waals surface area contributed by atoms with Gasteiger partial charge in [0.25, 0.3) is 0 Å². The summed E-state index contributed by atoms with van der Waals surface area (Å²) in [5.74, 6) is -0.262. The summed E-state index contributed by atoms with van der Waals surface area (Å²) >= 11 is 5.81. The van der Waals surface area contributed by atoms with Crippen molar-refractivity contribution in [2.24, 2.45) is 0 Å². The molecule has 0 heterocycles. The van der Waals surface area contributed by atoms with Gasteiger partial charge in [0.1, 0.15) is 0 Å². The predicted molar refractivity (Wildman–Crippen MR) is 99.4 cm³/mol. The minimum Gasteiger partial charge on any atom is -0.493 e. The van der Waals surface area contributed by atoms with Gasteiger partial charge in [-0.15, -0.1) is 0 Å². The molecule has 0 spiro atoms. The topological polar surface area (TPSA) is 76.7 Å². The van der Waals surface area contributed by atoms with Crippen LogP contribution in [0.3, 0.4) is 0 Å². The molecule has 138 valence electrons. The van der Waals surface area contributed by atoms with Crippen molar-refractivity contribution in [1.82, 2.24) is 10.6 Å². The Morgan fingerprint density at radius 3 is 2.27 bits per heavy atom. The van der Waals surface area contributed by atoms with Gasteiger partial charge in [-0.3, -0.25) is 9.59 Å². The Kier molecular flexibility index (Phi) is 6.86. The maximum atomic E-state index is 12.1. The van der Waals surface area contributed by atoms with E-state index >= 15 is 0 Å². The largest absolute Gasteiger partial charge is 0.493 e. The maximum Gasteiger partial charge on any atom is 0.309 e. The first kappa shape index (κ1) is 19.6. The summed E-state index contributed by atoms with van der Waals surface area (Å²) in [5.41, 5.74) is 1.64. The lowest BCUT2D eigenvalue weighted by Gasteiger charge is -2.16. The Balaban J connectivity index is 1.93. The van der Waals surface area contributed by atoms with Gasteiger partial charge in [-0.05, 0) is 42.3 Å². The van der Waals surface area contributed by atoms with E-state index in [9.17, 15) is 9.59 Å². The molecule has 0 aliphatic heterocycles. The summed E-state index contributed by atoms with van der Waals surface area (Å²) < 4.78 is 10.4. The number of carbonyl (C=O) groups excluding carboxylic acids is 2. The number of hydrogen-bond acceptors (Lipinski definition) is 4. The SMILES string of the molecule is COc1ccc(C(C)NC(=O)C(=O)NCc2ccc(Cl)cc2)cc1OC. The van der Waals surface area contributed by atoms with Crippen LogP contribution < -0.4 is 20.1 Å². The summed E-state index contributed by atoms with van der Waals surface area (Å²) in [6.07, 6.45) is 0. The molecule has 1 atom stereocenters. The average molecular weight is 377 g/mol. The zero-order chi connectivity index (χ0) is 19.1. The van der Waals surface area contributed by atoms with E-state index in [4.69, 9.17) is 21.1 Å². The molecule has 2 aromatic carbocycles. The number of rotatable bonds is 6. The van der Waals surface area contributed by atoms with Crippen molar-refractivity contribution < 1.29 is 19.1 Å². The van der Waals surface area contributed by atoms with Crippen LogP contribution in [0.15, 0.2) is 42.5 Å². The first-order chi connectivity index (χ1) is 12.4. The number of ether oxygens (including phenoxy) is 2. The van der Waals surface area contributed by atoms with Crippen LogP contribution in [0.1, 0.15) is 24.1 Å². The highest BCUT2D eigenvalue weighted by atomic mass is 35.5. The smallest absolute Gasteiger partial charge is 0.309 e. The minimum absolute atomic E-state index is 0.244. The van der Waals surface area contributed by atoms with E-state index in [1.807, 2.05) is 0 Å². The molecule has 2 aromatic rings. The van der Waals surface area contributed by atoms with Gasteiger partial charge >= 0.3 is 11.8 Å². The monoisotopic (exact) mass is 376 g/mol. The number of nitrogens with one attached hydrogen (secondary N) is 2. The van der Waals surface area contributed by atoms with Crippen molar-refractivity contribution >= 4 is 23.4 Å². The fraction of sp³-hybridized carbons (Fsp3) is 0.263. The number of benzene rings is 2. The van der Waals surface area contributed by atoms with Crippen LogP contribution >= 0.6 is 11.6 Å². The highest BCUT2D eigenvalue weighted by Crippen LogP contribution is 2.29. The molecule has 0 saturated carbocycles. The number of halogens is 1. The van der Waals surface area contributed by atoms with Crippen LogP contribution in [-0.4, -0.2) is 26.0 Å². The van der Waals surface area contributed by atoms with Crippen molar-refractivity contribution in [3.05, 3.63) is 58.6 Å². The minimum atomic E-state index is -0.707. The van der Waals surface area contributed by atoms with Gasteiger partial charge in [-0.25, -0.2) is 0 Å². The van der Waals surface area contributed by atoms with E-state index < -0.39 is 11.8 Å². The molecule has 0 aromatic heterocycles. The summed E-state index contributed by atoms with van der Waals surface area (Å²) in [6.45, 7) is 2.03. The predicted octanol–water partition coefficient (Wildman–Crippen LogP) is 2.85. The molecular weight excluding hydrogens is 356 g/mol. The van der Waals surface area contributed by atoms with Gasteiger partial charge in [-0.2, -0.15) is 0 Å². The molecular formula is C19H21ClN2O4. The van der Waals surface area contributed by atoms with Crippen LogP contribution in [-0.2, 0) is 16.1 Å². The third kappa shape index (κ3) is 5.13. The Bertz CT molecular complexity index is 778. The number of amides is 2. The van der Waals surface area contributed by atoms with Crippen LogP contribution in [0.5, 0.6) is 11.5 Å². The van der Waals surface area contributed by atoms with Crippen LogP contribution in [0.2, 0.25) is 5.02 Å². The Morgan fingerprint density at radius 1 is 1.00 bits per heavy atom. The zero-order valence-electron chi connectivity index (χ0n) is 14.8. The lowest BCUT2D eigenvalue weighted by Crippen LogP contribution is -2.40. The lowest BCUT2D eigenvalue weighted by molar-refractivity contribution is -0.139. The number of hydrogen-bond donors (Lipinski definition) is 2. The fourth-order valence-electron chi connectivity index (χ4n) is 2.33. The molecule has 7 heteroatoms. The van der Waals surface area contributed by atoms with Gasteiger partial charge in [0.15, 0.2) is 11.5 Å². The highest BCUT2D eigenvalue weighted by Gasteiger charge is 2.18. The second-order valence-electron chi connectivity index (χ2n) is 5.62. The van der Waals surface area contributed by atoms with E-state index in [0.29, 0.717) is 16.5 Å². The summed E-state index contributed by atoms with van der Waals surface area (Å²) in [4.78, 5) is 24.1. The maximum absolute atomic E-state index is 12.1. The second-order valence-corrected chi connectivity index (χ2v) is 6.06. The van der Waals surface area contributed by atoms with Crippen LogP contribution in [0, 0.1) is 0 Å². The van der Waals surface area contributed by atoms with Crippen LogP contribution in [0.4, 0.5) is 0 Å². The Hall–Kier alpha value is -2.73. The van der Waals surface area contributed by atoms with Gasteiger partial charge in [0, 0.05) is 11.6 Å². The molecule has 2 N–H and O–H groups in total. The van der Waals surface area contributed by atoms with Gasteiger partial charge < -0.3 is 20.1 Å². The normalized spacial score (nSPS) is 11.4. The Morgan fingerprint density at radius 2 is 1.65 bits per heavy atom. The lowest BCUT2D eigenvalue weighted by atomic mass is 10.1. The fourth-order valence-corrected chi connectivity index (χ4v) is 2.46. The van der Waals surface area contributed by atoms with Crippen molar-refractivity contribution in [3.63, 3.8) is 0 Å². The Labute approximate surface area is 157 Å². The van der Waals surface area contributed by atoms with Gasteiger partial charge in [0.2, 0.25) is 0 Å². The average Bonchev–Trinajstić information content (AvgIpc) is 2.66. The van der Waals surface area contributed by atoms with E-state index in [1.165, 1.54) is 7.11 Å². The molecule has 2 rings (SSSR count). The quantitative estimate of drug-likeness (QED) is 0.760. The van der Waals surface area contributed by atoms with E-state index in [-0.39, 0.29) is 12.6 Å². The molecule has 0 radical (unpaired) electrons. The van der Waals surface area contributed by atoms with E-state index in [1.54, 1.807) is 56.5 Å². The molecule has 0 bridgehead atoms. The third-order valence-electron chi connectivity index (χ3n) is 3.83. The summed E-state index contributed by atoms with van der Waals surface area (Å²) in [5, 5.41) is 5.85. The molecule has 0 saturated heterocycles. The molecule has 6 nitrogen and oxygen atoms in total. The molecule has 0 aliphatic carbocycles. The standard InChI is InChI=1S/C19H21ClN2O4/c1-12(14-6-9-16(25-2)17(10-14)26-3)22-19(24)18(23)21-11-13-4-7-15(20)8-5-13/h4-10,12H,11H2,1-3H3,(H,21,23)(H,22,24). The number of methoxy groups -OCH3 is 2. The number of carbonyl (C=O) groups is 2. The first-order valence-corrected chi connectivity index (χ1v) is 8.37. The first-order valence-electron chi connectivity index (χ1n) is 7.99. The van der Waals surface area contributed by atoms with Crippen molar-refractivity contribution in [1.29, 1.82) is 0 Å². The zero-order valence-corrected chi connectivity index (χ0v) is 15.6. The highest BCUT2D eigenvalue weighted by molar-refractivity contribution is 6.35. The van der Waals surface area contributed by atoms with Gasteiger partial charge in [-0.1, -0.05) is 29.8 Å². The van der Waals surface area contributed by atoms with Crippen molar-refractivity contribution in [2.45, 2.75) is 19.5 Å². The van der Waals surface area contributed by atoms with Crippen molar-refractivity contribution in [2.75, 3.05) is 14.2 Å². The second kappa shape index (κ2) is 9.10. The van der Waals surface area contributed by atoms with Gasteiger partial charge in [0.05, 0.1) is 20.3 Å². The molecule has 0 fully saturated rings. The molecule has 26 heavy (non-hydrogen) atoms.